The molecule has 0 amide bonds. The van der Waals surface area contributed by atoms with E-state index in [9.17, 15) is 4.79 Å². The van der Waals surface area contributed by atoms with Crippen LogP contribution in [0.4, 0.5) is 0 Å². The molecule has 12 heavy (non-hydrogen) atoms. The Morgan fingerprint density at radius 1 is 1.33 bits per heavy atom. The zero-order chi connectivity index (χ0) is 9.19. The van der Waals surface area contributed by atoms with Gasteiger partial charge in [0, 0.05) is 13.0 Å². The predicted octanol–water partition coefficient (Wildman–Crippen LogP) is 1.53. The van der Waals surface area contributed by atoms with Crippen molar-refractivity contribution in [3.63, 3.8) is 0 Å². The molecule has 70 valence electrons. The molecule has 0 N–H and O–H groups in total. The summed E-state index contributed by atoms with van der Waals surface area (Å²) in [6.45, 7) is 6.56. The Morgan fingerprint density at radius 3 is 2.67 bits per heavy atom. The molecule has 1 rings (SSSR count). The van der Waals surface area contributed by atoms with Crippen molar-refractivity contribution < 1.29 is 4.79 Å². The van der Waals surface area contributed by atoms with Crippen LogP contribution in [0.15, 0.2) is 0 Å². The lowest BCUT2D eigenvalue weighted by Gasteiger charge is -2.27. The number of rotatable bonds is 0. The maximum absolute atomic E-state index is 11.7. The summed E-state index contributed by atoms with van der Waals surface area (Å²) in [6, 6.07) is 1.18. The fourth-order valence-electron chi connectivity index (χ4n) is 1.67. The quantitative estimate of drug-likeness (QED) is 0.533. The van der Waals surface area contributed by atoms with Crippen molar-refractivity contribution in [3.8, 4) is 0 Å². The van der Waals surface area contributed by atoms with Gasteiger partial charge in [-0.1, -0.05) is 13.1 Å². The summed E-state index contributed by atoms with van der Waals surface area (Å²) < 4.78 is 0. The first-order valence-corrected chi connectivity index (χ1v) is 7.95. The van der Waals surface area contributed by atoms with E-state index in [0.29, 0.717) is 5.41 Å². The van der Waals surface area contributed by atoms with Crippen LogP contribution in [0, 0.1) is 0 Å². The molecule has 0 aliphatic carbocycles. The van der Waals surface area contributed by atoms with Gasteiger partial charge in [0.05, 0.1) is 0 Å². The van der Waals surface area contributed by atoms with E-state index in [1.54, 1.807) is 0 Å². The van der Waals surface area contributed by atoms with Gasteiger partial charge in [-0.3, -0.25) is 0 Å². The minimum absolute atomic E-state index is 0.564. The number of hydrogen-bond acceptors (Lipinski definition) is 2. The minimum atomic E-state index is -1.47. The molecule has 1 saturated heterocycles. The summed E-state index contributed by atoms with van der Waals surface area (Å²) >= 11 is 0. The van der Waals surface area contributed by atoms with E-state index in [1.807, 2.05) is 0 Å². The number of nitrogens with zero attached hydrogens (tertiary/aromatic N) is 1. The molecular formula is C9H19NOSi. The van der Waals surface area contributed by atoms with Gasteiger partial charge in [0.25, 0.3) is 0 Å². The lowest BCUT2D eigenvalue weighted by Crippen LogP contribution is -2.42. The standard InChI is InChI=1S/C9H19NOSi/c1-10-6-4-8-12(2,3)9(11)5-7-10/h4-8H2,1-3H3. The topological polar surface area (TPSA) is 20.3 Å². The second kappa shape index (κ2) is 3.71. The van der Waals surface area contributed by atoms with Crippen molar-refractivity contribution in [3.05, 3.63) is 0 Å². The van der Waals surface area contributed by atoms with Crippen molar-refractivity contribution in [1.82, 2.24) is 4.90 Å². The zero-order valence-electron chi connectivity index (χ0n) is 8.39. The average Bonchev–Trinajstić information content (AvgIpc) is 1.98. The highest BCUT2D eigenvalue weighted by molar-refractivity contribution is 7.04. The summed E-state index contributed by atoms with van der Waals surface area (Å²) in [6.07, 6.45) is 2.00. The highest BCUT2D eigenvalue weighted by atomic mass is 28.3. The van der Waals surface area contributed by atoms with Crippen LogP contribution in [-0.4, -0.2) is 38.5 Å². The van der Waals surface area contributed by atoms with Crippen LogP contribution in [0.1, 0.15) is 12.8 Å². The fourth-order valence-corrected chi connectivity index (χ4v) is 3.78. The fraction of sp³-hybridized carbons (Fsp3) is 0.889. The summed E-state index contributed by atoms with van der Waals surface area (Å²) in [5.74, 6) is 0. The smallest absolute Gasteiger partial charge is 0.127 e. The molecule has 0 aromatic carbocycles. The Kier molecular flexibility index (Phi) is 3.07. The van der Waals surface area contributed by atoms with Crippen molar-refractivity contribution in [1.29, 1.82) is 0 Å². The van der Waals surface area contributed by atoms with Gasteiger partial charge < -0.3 is 9.69 Å². The molecule has 3 heteroatoms. The average molecular weight is 185 g/mol. The molecule has 1 aliphatic rings. The van der Waals surface area contributed by atoms with Gasteiger partial charge in [-0.2, -0.15) is 0 Å². The van der Waals surface area contributed by atoms with Crippen molar-refractivity contribution in [2.24, 2.45) is 0 Å². The molecule has 1 aliphatic heterocycles. The van der Waals surface area contributed by atoms with Crippen LogP contribution in [-0.2, 0) is 4.79 Å². The first-order valence-electron chi connectivity index (χ1n) is 4.74. The third kappa shape index (κ3) is 2.42. The highest BCUT2D eigenvalue weighted by Crippen LogP contribution is 2.17. The molecule has 1 fully saturated rings. The van der Waals surface area contributed by atoms with Crippen molar-refractivity contribution in [2.45, 2.75) is 32.0 Å². The van der Waals surface area contributed by atoms with E-state index in [-0.39, 0.29) is 0 Å². The van der Waals surface area contributed by atoms with Gasteiger partial charge in [-0.15, -0.1) is 0 Å². The summed E-state index contributed by atoms with van der Waals surface area (Å²) in [7, 11) is 0.633. The van der Waals surface area contributed by atoms with E-state index in [4.69, 9.17) is 0 Å². The monoisotopic (exact) mass is 185 g/mol. The van der Waals surface area contributed by atoms with Crippen LogP contribution < -0.4 is 0 Å². The van der Waals surface area contributed by atoms with Gasteiger partial charge in [0.15, 0.2) is 0 Å². The Balaban J connectivity index is 2.56. The Hall–Kier alpha value is -0.153. The summed E-state index contributed by atoms with van der Waals surface area (Å²) in [5, 5.41) is 0.564. The van der Waals surface area contributed by atoms with Gasteiger partial charge in [-0.05, 0) is 26.1 Å². The molecule has 0 bridgehead atoms. The van der Waals surface area contributed by atoms with E-state index in [2.05, 4.69) is 25.0 Å². The van der Waals surface area contributed by atoms with E-state index in [1.165, 1.54) is 19.0 Å². The minimum Gasteiger partial charge on any atom is -0.306 e. The Labute approximate surface area is 76.0 Å². The van der Waals surface area contributed by atoms with E-state index in [0.717, 1.165) is 13.0 Å². The third-order valence-corrected chi connectivity index (χ3v) is 6.18. The second-order valence-corrected chi connectivity index (χ2v) is 9.29. The highest BCUT2D eigenvalue weighted by Gasteiger charge is 2.30. The van der Waals surface area contributed by atoms with Crippen LogP contribution in [0.3, 0.4) is 0 Å². The lowest BCUT2D eigenvalue weighted by molar-refractivity contribution is -0.113. The molecule has 0 unspecified atom stereocenters. The van der Waals surface area contributed by atoms with Gasteiger partial charge in [0.1, 0.15) is 13.5 Å². The number of carbonyl (C=O) groups is 1. The van der Waals surface area contributed by atoms with Gasteiger partial charge >= 0.3 is 0 Å². The second-order valence-electron chi connectivity index (χ2n) is 4.46. The molecule has 0 radical (unpaired) electrons. The van der Waals surface area contributed by atoms with Crippen LogP contribution in [0.2, 0.25) is 19.1 Å². The SMILES string of the molecule is CN1CCC[Si](C)(C)C(=O)CC1. The maximum atomic E-state index is 11.7. The van der Waals surface area contributed by atoms with Crippen LogP contribution in [0.5, 0.6) is 0 Å². The molecule has 1 heterocycles. The summed E-state index contributed by atoms with van der Waals surface area (Å²) in [4.78, 5) is 13.9. The normalized spacial score (nSPS) is 26.4. The van der Waals surface area contributed by atoms with E-state index >= 15 is 0 Å². The molecule has 0 atom stereocenters. The maximum Gasteiger partial charge on any atom is 0.127 e. The summed E-state index contributed by atoms with van der Waals surface area (Å²) in [5.41, 5.74) is 0. The van der Waals surface area contributed by atoms with Crippen LogP contribution in [0.25, 0.3) is 0 Å². The molecule has 0 aromatic heterocycles. The molecule has 0 saturated carbocycles. The molecule has 0 spiro atoms. The van der Waals surface area contributed by atoms with Gasteiger partial charge in [0.2, 0.25) is 0 Å². The molecule has 2 nitrogen and oxygen atoms in total. The number of carbonyl (C=O) groups excluding carboxylic acids is 1. The first kappa shape index (κ1) is 9.93. The lowest BCUT2D eigenvalue weighted by atomic mass is 10.4. The zero-order valence-corrected chi connectivity index (χ0v) is 9.39. The Bertz CT molecular complexity index is 179. The van der Waals surface area contributed by atoms with Crippen molar-refractivity contribution in [2.75, 3.05) is 20.1 Å². The van der Waals surface area contributed by atoms with Crippen LogP contribution >= 0.6 is 0 Å². The van der Waals surface area contributed by atoms with Crippen molar-refractivity contribution >= 4 is 13.5 Å². The first-order chi connectivity index (χ1) is 5.52. The largest absolute Gasteiger partial charge is 0.306 e. The molecular weight excluding hydrogens is 166 g/mol. The molecule has 0 aromatic rings. The Morgan fingerprint density at radius 2 is 2.00 bits per heavy atom. The third-order valence-electron chi connectivity index (χ3n) is 2.82. The number of hydrogen-bond donors (Lipinski definition) is 0. The van der Waals surface area contributed by atoms with E-state index < -0.39 is 8.07 Å². The predicted molar refractivity (Wildman–Crippen MR) is 54.0 cm³/mol. The van der Waals surface area contributed by atoms with Gasteiger partial charge in [-0.25, -0.2) is 0 Å².